The van der Waals surface area contributed by atoms with Crippen molar-refractivity contribution in [1.82, 2.24) is 20.6 Å². The molecule has 7 nitrogen and oxygen atoms in total. The lowest BCUT2D eigenvalue weighted by molar-refractivity contribution is 0.284. The molecule has 0 aliphatic heterocycles. The van der Waals surface area contributed by atoms with Crippen LogP contribution in [0.1, 0.15) is 11.1 Å². The number of hydrogen-bond donors (Lipinski definition) is 2. The largest absolute Gasteiger partial charge is 0.493 e. The summed E-state index contributed by atoms with van der Waals surface area (Å²) in [5.74, 6) is 1.63. The second-order valence-electron chi connectivity index (χ2n) is 5.06. The lowest BCUT2D eigenvalue weighted by atomic mass is 10.2. The minimum atomic E-state index is 0.245. The summed E-state index contributed by atoms with van der Waals surface area (Å²) in [5, 5.41) is 17.7. The van der Waals surface area contributed by atoms with E-state index >= 15 is 0 Å². The van der Waals surface area contributed by atoms with Crippen molar-refractivity contribution in [3.63, 3.8) is 0 Å². The van der Waals surface area contributed by atoms with Crippen LogP contribution in [0.3, 0.4) is 0 Å². The Bertz CT molecular complexity index is 822. The Morgan fingerprint density at radius 3 is 2.60 bits per heavy atom. The number of nitrogens with one attached hydrogen (secondary N) is 2. The number of H-pyrrole nitrogens is 1. The highest BCUT2D eigenvalue weighted by Crippen LogP contribution is 2.31. The summed E-state index contributed by atoms with van der Waals surface area (Å²) in [4.78, 5) is 0. The summed E-state index contributed by atoms with van der Waals surface area (Å²) in [6.45, 7) is 0.766. The molecule has 9 heteroatoms. The van der Waals surface area contributed by atoms with Crippen LogP contribution in [0.5, 0.6) is 11.5 Å². The Kier molecular flexibility index (Phi) is 5.57. The van der Waals surface area contributed by atoms with Crippen LogP contribution in [0.2, 0.25) is 10.0 Å². The Hall–Kier alpha value is -2.51. The number of benzene rings is 2. The molecule has 0 saturated carbocycles. The molecule has 0 unspecified atom stereocenters. The molecule has 0 aliphatic carbocycles. The van der Waals surface area contributed by atoms with Crippen molar-refractivity contribution in [3.8, 4) is 11.5 Å². The van der Waals surface area contributed by atoms with Gasteiger partial charge in [0.05, 0.1) is 7.11 Å². The number of rotatable bonds is 7. The zero-order valence-corrected chi connectivity index (χ0v) is 14.8. The monoisotopic (exact) mass is 379 g/mol. The number of hydrogen-bond acceptors (Lipinski definition) is 6. The summed E-state index contributed by atoms with van der Waals surface area (Å²) < 4.78 is 11.2. The van der Waals surface area contributed by atoms with Gasteiger partial charge in [-0.1, -0.05) is 40.4 Å². The predicted octanol–water partition coefficient (Wildman–Crippen LogP) is 3.71. The average molecular weight is 380 g/mol. The molecule has 2 aromatic carbocycles. The zero-order valence-electron chi connectivity index (χ0n) is 13.3. The lowest BCUT2D eigenvalue weighted by Crippen LogP contribution is -2.03. The highest BCUT2D eigenvalue weighted by molar-refractivity contribution is 6.35. The third-order valence-electron chi connectivity index (χ3n) is 3.46. The molecule has 0 saturated heterocycles. The number of methoxy groups -OCH3 is 1. The number of aromatic amines is 1. The van der Waals surface area contributed by atoms with Crippen LogP contribution in [0.4, 0.5) is 5.95 Å². The van der Waals surface area contributed by atoms with Gasteiger partial charge in [0, 0.05) is 22.2 Å². The molecular weight excluding hydrogens is 365 g/mol. The van der Waals surface area contributed by atoms with Gasteiger partial charge < -0.3 is 14.8 Å². The summed E-state index contributed by atoms with van der Waals surface area (Å²) in [6.07, 6.45) is 0. The number of nitrogens with zero attached hydrogens (tertiary/aromatic N) is 3. The topological polar surface area (TPSA) is 85.0 Å². The van der Waals surface area contributed by atoms with Crippen LogP contribution in [0, 0.1) is 0 Å². The second kappa shape index (κ2) is 8.04. The Morgan fingerprint density at radius 2 is 1.92 bits per heavy atom. The highest BCUT2D eigenvalue weighted by atomic mass is 35.5. The van der Waals surface area contributed by atoms with Crippen LogP contribution in [0.15, 0.2) is 36.4 Å². The van der Waals surface area contributed by atoms with Crippen molar-refractivity contribution < 1.29 is 9.47 Å². The molecule has 1 aromatic heterocycles. The second-order valence-corrected chi connectivity index (χ2v) is 5.88. The van der Waals surface area contributed by atoms with E-state index in [4.69, 9.17) is 32.7 Å². The fraction of sp³-hybridized carbons (Fsp3) is 0.188. The van der Waals surface area contributed by atoms with Gasteiger partial charge in [0.25, 0.3) is 5.95 Å². The Labute approximate surface area is 154 Å². The molecule has 1 heterocycles. The highest BCUT2D eigenvalue weighted by Gasteiger charge is 2.10. The first-order chi connectivity index (χ1) is 12.2. The molecule has 3 aromatic rings. The molecular formula is C16H15Cl2N5O2. The average Bonchev–Trinajstić information content (AvgIpc) is 3.13. The standard InChI is InChI=1S/C16H15Cl2N5O2/c1-24-15-7-10(8-19-16-20-22-23-21-16)5-6-14(15)25-9-11-12(17)3-2-4-13(11)18/h2-7H,8-9H2,1H3,(H2,19,20,21,22,23). The molecule has 3 rings (SSSR count). The zero-order chi connectivity index (χ0) is 17.6. The number of anilines is 1. The first-order valence-corrected chi connectivity index (χ1v) is 8.13. The van der Waals surface area contributed by atoms with Gasteiger partial charge in [0.1, 0.15) is 6.61 Å². The molecule has 25 heavy (non-hydrogen) atoms. The molecule has 0 radical (unpaired) electrons. The van der Waals surface area contributed by atoms with Gasteiger partial charge >= 0.3 is 0 Å². The van der Waals surface area contributed by atoms with E-state index in [1.54, 1.807) is 25.3 Å². The smallest absolute Gasteiger partial charge is 0.263 e. The molecule has 0 spiro atoms. The first kappa shape index (κ1) is 17.3. The predicted molar refractivity (Wildman–Crippen MR) is 95.3 cm³/mol. The van der Waals surface area contributed by atoms with E-state index in [-0.39, 0.29) is 6.61 Å². The van der Waals surface area contributed by atoms with Crippen molar-refractivity contribution in [2.75, 3.05) is 12.4 Å². The minimum Gasteiger partial charge on any atom is -0.493 e. The van der Waals surface area contributed by atoms with Crippen LogP contribution in [-0.4, -0.2) is 27.7 Å². The maximum Gasteiger partial charge on any atom is 0.263 e. The van der Waals surface area contributed by atoms with E-state index in [2.05, 4.69) is 25.9 Å². The summed E-state index contributed by atoms with van der Waals surface area (Å²) in [7, 11) is 1.58. The van der Waals surface area contributed by atoms with Gasteiger partial charge in [-0.05, 0) is 35.0 Å². The first-order valence-electron chi connectivity index (χ1n) is 7.37. The van der Waals surface area contributed by atoms with E-state index in [1.165, 1.54) is 0 Å². The molecule has 130 valence electrons. The van der Waals surface area contributed by atoms with E-state index in [1.807, 2.05) is 18.2 Å². The Morgan fingerprint density at radius 1 is 1.12 bits per heavy atom. The van der Waals surface area contributed by atoms with Crippen LogP contribution < -0.4 is 14.8 Å². The van der Waals surface area contributed by atoms with Gasteiger partial charge in [0.2, 0.25) is 0 Å². The van der Waals surface area contributed by atoms with E-state index in [0.717, 1.165) is 11.1 Å². The fourth-order valence-corrected chi connectivity index (χ4v) is 2.69. The summed E-state index contributed by atoms with van der Waals surface area (Å²) in [5.41, 5.74) is 1.71. The Balaban J connectivity index is 1.69. The van der Waals surface area contributed by atoms with Gasteiger partial charge in [-0.2, -0.15) is 5.21 Å². The fourth-order valence-electron chi connectivity index (χ4n) is 2.18. The van der Waals surface area contributed by atoms with E-state index in [9.17, 15) is 0 Å². The number of halogens is 2. The molecule has 0 atom stereocenters. The quantitative estimate of drug-likeness (QED) is 0.650. The molecule has 0 fully saturated rings. The van der Waals surface area contributed by atoms with E-state index < -0.39 is 0 Å². The molecule has 0 amide bonds. The maximum atomic E-state index is 6.16. The maximum absolute atomic E-state index is 6.16. The van der Waals surface area contributed by atoms with Crippen LogP contribution in [-0.2, 0) is 13.2 Å². The van der Waals surface area contributed by atoms with Crippen molar-refractivity contribution in [3.05, 3.63) is 57.6 Å². The molecule has 0 bridgehead atoms. The number of aromatic nitrogens is 4. The van der Waals surface area contributed by atoms with Gasteiger partial charge in [-0.25, -0.2) is 0 Å². The van der Waals surface area contributed by atoms with Gasteiger partial charge in [0.15, 0.2) is 11.5 Å². The summed E-state index contributed by atoms with van der Waals surface area (Å²) >= 11 is 12.3. The molecule has 2 N–H and O–H groups in total. The van der Waals surface area contributed by atoms with Crippen LogP contribution in [0.25, 0.3) is 0 Å². The van der Waals surface area contributed by atoms with Crippen molar-refractivity contribution in [2.45, 2.75) is 13.2 Å². The lowest BCUT2D eigenvalue weighted by Gasteiger charge is -2.13. The van der Waals surface area contributed by atoms with Crippen molar-refractivity contribution >= 4 is 29.2 Å². The minimum absolute atomic E-state index is 0.245. The van der Waals surface area contributed by atoms with Crippen LogP contribution >= 0.6 is 23.2 Å². The number of tetrazole rings is 1. The van der Waals surface area contributed by atoms with Crippen molar-refractivity contribution in [2.24, 2.45) is 0 Å². The van der Waals surface area contributed by atoms with Gasteiger partial charge in [-0.3, -0.25) is 0 Å². The van der Waals surface area contributed by atoms with E-state index in [0.29, 0.717) is 34.0 Å². The van der Waals surface area contributed by atoms with Crippen molar-refractivity contribution in [1.29, 1.82) is 0 Å². The number of ether oxygens (including phenoxy) is 2. The van der Waals surface area contributed by atoms with Gasteiger partial charge in [-0.15, -0.1) is 5.10 Å². The third kappa shape index (κ3) is 4.32. The summed E-state index contributed by atoms with van der Waals surface area (Å²) in [6, 6.07) is 11.0. The normalized spacial score (nSPS) is 10.5. The SMILES string of the molecule is COc1cc(CNc2nn[nH]n2)ccc1OCc1c(Cl)cccc1Cl. The third-order valence-corrected chi connectivity index (χ3v) is 4.17. The molecule has 0 aliphatic rings.